The van der Waals surface area contributed by atoms with E-state index in [2.05, 4.69) is 15.1 Å². The molecule has 3 rings (SSSR count). The molecular formula is C20H23FN6O4. The van der Waals surface area contributed by atoms with Crippen molar-refractivity contribution in [3.8, 4) is 11.1 Å². The summed E-state index contributed by atoms with van der Waals surface area (Å²) in [6.45, 7) is 1.73. The van der Waals surface area contributed by atoms with E-state index in [4.69, 9.17) is 25.5 Å². The highest BCUT2D eigenvalue weighted by atomic mass is 19.1. The monoisotopic (exact) mass is 430 g/mol. The number of hydrogen-bond donors (Lipinski definition) is 2. The number of hydrogen-bond acceptors (Lipinski definition) is 9. The number of anilines is 1. The van der Waals surface area contributed by atoms with Crippen LogP contribution in [0.3, 0.4) is 0 Å². The molecule has 1 aromatic carbocycles. The molecule has 0 saturated carbocycles. The topological polar surface area (TPSA) is 136 Å². The summed E-state index contributed by atoms with van der Waals surface area (Å²) in [5.74, 6) is -1.02. The van der Waals surface area contributed by atoms with E-state index < -0.39 is 11.8 Å². The smallest absolute Gasteiger partial charge is 0.313 e. The first-order chi connectivity index (χ1) is 15.0. The number of nitrogens with zero attached hydrogens (tertiary/aromatic N) is 4. The van der Waals surface area contributed by atoms with Gasteiger partial charge in [0.1, 0.15) is 31.3 Å². The molecule has 0 aliphatic carbocycles. The SMILES string of the molecule is COCCON=C1CN(c2ncc(-c3cccc(COC(=O)CC(=N)N)c3F)cn2)C1. The lowest BCUT2D eigenvalue weighted by Crippen LogP contribution is -2.48. The fourth-order valence-electron chi connectivity index (χ4n) is 2.75. The minimum Gasteiger partial charge on any atom is -0.460 e. The van der Waals surface area contributed by atoms with Crippen molar-refractivity contribution in [3.63, 3.8) is 0 Å². The molecule has 0 amide bonds. The van der Waals surface area contributed by atoms with E-state index >= 15 is 0 Å². The zero-order valence-electron chi connectivity index (χ0n) is 17.0. The molecule has 11 heteroatoms. The third-order valence-corrected chi connectivity index (χ3v) is 4.35. The van der Waals surface area contributed by atoms with Crippen LogP contribution in [0, 0.1) is 11.2 Å². The number of amidine groups is 1. The summed E-state index contributed by atoms with van der Waals surface area (Å²) < 4.78 is 24.7. The first-order valence-corrected chi connectivity index (χ1v) is 9.48. The van der Waals surface area contributed by atoms with E-state index in [-0.39, 0.29) is 24.4 Å². The Balaban J connectivity index is 1.60. The van der Waals surface area contributed by atoms with Gasteiger partial charge >= 0.3 is 5.97 Å². The molecule has 2 heterocycles. The van der Waals surface area contributed by atoms with Crippen LogP contribution in [0.25, 0.3) is 11.1 Å². The molecular weight excluding hydrogens is 407 g/mol. The van der Waals surface area contributed by atoms with Gasteiger partial charge < -0.3 is 24.9 Å². The summed E-state index contributed by atoms with van der Waals surface area (Å²) in [6.07, 6.45) is 2.74. The van der Waals surface area contributed by atoms with Gasteiger partial charge in [0.2, 0.25) is 5.95 Å². The average Bonchev–Trinajstić information content (AvgIpc) is 2.71. The van der Waals surface area contributed by atoms with Gasteiger partial charge in [-0.25, -0.2) is 14.4 Å². The van der Waals surface area contributed by atoms with E-state index in [0.29, 0.717) is 43.4 Å². The van der Waals surface area contributed by atoms with Crippen LogP contribution < -0.4 is 10.6 Å². The third-order valence-electron chi connectivity index (χ3n) is 4.35. The number of methoxy groups -OCH3 is 1. The lowest BCUT2D eigenvalue weighted by Gasteiger charge is -2.31. The summed E-state index contributed by atoms with van der Waals surface area (Å²) in [7, 11) is 1.59. The van der Waals surface area contributed by atoms with Crippen molar-refractivity contribution in [2.45, 2.75) is 13.0 Å². The molecule has 31 heavy (non-hydrogen) atoms. The highest BCUT2D eigenvalue weighted by Crippen LogP contribution is 2.26. The maximum Gasteiger partial charge on any atom is 0.313 e. The van der Waals surface area contributed by atoms with E-state index in [9.17, 15) is 9.18 Å². The Bertz CT molecular complexity index is 959. The number of esters is 1. The van der Waals surface area contributed by atoms with Gasteiger partial charge in [-0.1, -0.05) is 23.4 Å². The average molecular weight is 430 g/mol. The minimum absolute atomic E-state index is 0.204. The molecule has 164 valence electrons. The van der Waals surface area contributed by atoms with Gasteiger partial charge in [-0.3, -0.25) is 10.2 Å². The van der Waals surface area contributed by atoms with Crippen molar-refractivity contribution in [1.82, 2.24) is 9.97 Å². The number of nitrogens with one attached hydrogen (secondary N) is 1. The minimum atomic E-state index is -0.688. The Morgan fingerprint density at radius 1 is 1.29 bits per heavy atom. The van der Waals surface area contributed by atoms with E-state index in [1.54, 1.807) is 19.2 Å². The van der Waals surface area contributed by atoms with Crippen molar-refractivity contribution >= 4 is 23.5 Å². The quantitative estimate of drug-likeness (QED) is 0.190. The molecule has 0 spiro atoms. The molecule has 0 radical (unpaired) electrons. The third kappa shape index (κ3) is 5.95. The molecule has 1 aromatic heterocycles. The van der Waals surface area contributed by atoms with Crippen molar-refractivity contribution in [2.75, 3.05) is 38.3 Å². The Labute approximate surface area is 178 Å². The molecule has 0 unspecified atom stereocenters. The number of ether oxygens (including phenoxy) is 2. The van der Waals surface area contributed by atoms with E-state index in [1.165, 1.54) is 18.5 Å². The molecule has 0 bridgehead atoms. The lowest BCUT2D eigenvalue weighted by molar-refractivity contribution is -0.143. The first kappa shape index (κ1) is 22.1. The largest absolute Gasteiger partial charge is 0.460 e. The van der Waals surface area contributed by atoms with Crippen LogP contribution in [0.2, 0.25) is 0 Å². The zero-order chi connectivity index (χ0) is 22.2. The second kappa shape index (κ2) is 10.4. The van der Waals surface area contributed by atoms with Crippen molar-refractivity contribution < 1.29 is 23.5 Å². The van der Waals surface area contributed by atoms with Crippen molar-refractivity contribution in [3.05, 3.63) is 42.0 Å². The van der Waals surface area contributed by atoms with Gasteiger partial charge in [-0.05, 0) is 0 Å². The van der Waals surface area contributed by atoms with E-state index in [0.717, 1.165) is 5.71 Å². The van der Waals surface area contributed by atoms with Gasteiger partial charge in [0.25, 0.3) is 0 Å². The maximum absolute atomic E-state index is 14.9. The Hall–Kier alpha value is -3.60. The fourth-order valence-corrected chi connectivity index (χ4v) is 2.75. The molecule has 10 nitrogen and oxygen atoms in total. The molecule has 1 saturated heterocycles. The van der Waals surface area contributed by atoms with Crippen LogP contribution in [-0.2, 0) is 25.7 Å². The summed E-state index contributed by atoms with van der Waals surface area (Å²) in [4.78, 5) is 27.2. The highest BCUT2D eigenvalue weighted by molar-refractivity contribution is 5.98. The number of carbonyl (C=O) groups is 1. The van der Waals surface area contributed by atoms with Gasteiger partial charge in [0.05, 0.1) is 25.4 Å². The highest BCUT2D eigenvalue weighted by Gasteiger charge is 2.25. The van der Waals surface area contributed by atoms with Gasteiger partial charge in [0, 0.05) is 36.2 Å². The number of halogens is 1. The summed E-state index contributed by atoms with van der Waals surface area (Å²) in [5.41, 5.74) is 7.03. The number of carbonyl (C=O) groups excluding carboxylic acids is 1. The molecule has 0 atom stereocenters. The zero-order valence-corrected chi connectivity index (χ0v) is 17.0. The first-order valence-electron chi connectivity index (χ1n) is 9.48. The Morgan fingerprint density at radius 3 is 2.71 bits per heavy atom. The molecule has 1 aliphatic heterocycles. The van der Waals surface area contributed by atoms with Crippen LogP contribution in [0.5, 0.6) is 0 Å². The predicted molar refractivity (Wildman–Crippen MR) is 111 cm³/mol. The molecule has 1 fully saturated rings. The standard InChI is InChI=1S/C20H23FN6O4/c1-29-5-6-31-26-15-10-27(11-15)20-24-8-14(9-25-20)16-4-2-3-13(19(16)21)12-30-18(28)7-17(22)23/h2-4,8-9H,5-7,10-12H2,1H3,(H3,22,23). The van der Waals surface area contributed by atoms with Gasteiger partial charge in [0.15, 0.2) is 0 Å². The molecule has 3 N–H and O–H groups in total. The summed E-state index contributed by atoms with van der Waals surface area (Å²) in [5, 5.41) is 11.1. The summed E-state index contributed by atoms with van der Waals surface area (Å²) >= 11 is 0. The molecule has 1 aliphatic rings. The predicted octanol–water partition coefficient (Wildman–Crippen LogP) is 1.49. The van der Waals surface area contributed by atoms with Crippen LogP contribution in [0.4, 0.5) is 10.3 Å². The van der Waals surface area contributed by atoms with Gasteiger partial charge in [-0.2, -0.15) is 0 Å². The number of nitrogens with two attached hydrogens (primary N) is 1. The van der Waals surface area contributed by atoms with Crippen LogP contribution in [0.1, 0.15) is 12.0 Å². The second-order valence-corrected chi connectivity index (χ2v) is 6.75. The normalized spacial score (nSPS) is 12.8. The van der Waals surface area contributed by atoms with Crippen LogP contribution in [0.15, 0.2) is 35.7 Å². The van der Waals surface area contributed by atoms with Crippen LogP contribution >= 0.6 is 0 Å². The number of rotatable bonds is 10. The summed E-state index contributed by atoms with van der Waals surface area (Å²) in [6, 6.07) is 4.77. The maximum atomic E-state index is 14.9. The van der Waals surface area contributed by atoms with Crippen LogP contribution in [-0.4, -0.2) is 60.9 Å². The van der Waals surface area contributed by atoms with Crippen molar-refractivity contribution in [1.29, 1.82) is 5.41 Å². The Morgan fingerprint density at radius 2 is 2.03 bits per heavy atom. The van der Waals surface area contributed by atoms with E-state index in [1.807, 2.05) is 4.90 Å². The number of benzene rings is 1. The lowest BCUT2D eigenvalue weighted by atomic mass is 10.1. The van der Waals surface area contributed by atoms with Crippen molar-refractivity contribution in [2.24, 2.45) is 10.9 Å². The fraction of sp³-hybridized carbons (Fsp3) is 0.350. The Kier molecular flexibility index (Phi) is 7.44. The van der Waals surface area contributed by atoms with Gasteiger partial charge in [-0.15, -0.1) is 0 Å². The molecule has 2 aromatic rings. The number of oxime groups is 1. The second-order valence-electron chi connectivity index (χ2n) is 6.75. The number of aromatic nitrogens is 2.